The summed E-state index contributed by atoms with van der Waals surface area (Å²) in [5.41, 5.74) is -1.91. The number of anilines is 1. The van der Waals surface area contributed by atoms with Gasteiger partial charge in [-0.2, -0.15) is 18.1 Å². The van der Waals surface area contributed by atoms with Crippen LogP contribution < -0.4 is 4.90 Å². The van der Waals surface area contributed by atoms with Crippen LogP contribution in [0.5, 0.6) is 0 Å². The lowest BCUT2D eigenvalue weighted by molar-refractivity contribution is -0.534. The van der Waals surface area contributed by atoms with E-state index in [0.29, 0.717) is 18.5 Å². The lowest BCUT2D eigenvalue weighted by atomic mass is 9.99. The number of alkyl halides is 3. The van der Waals surface area contributed by atoms with E-state index in [1.165, 1.54) is 30.3 Å². The lowest BCUT2D eigenvalue weighted by Crippen LogP contribution is -2.47. The molecular weight excluding hydrogens is 479 g/mol. The molecule has 0 bridgehead atoms. The third-order valence-electron chi connectivity index (χ3n) is 5.70. The van der Waals surface area contributed by atoms with Crippen LogP contribution in [0.25, 0.3) is 0 Å². The van der Waals surface area contributed by atoms with Crippen molar-refractivity contribution in [2.24, 2.45) is 0 Å². The maximum absolute atomic E-state index is 13.3. The van der Waals surface area contributed by atoms with E-state index in [2.05, 4.69) is 0 Å². The Morgan fingerprint density at radius 1 is 1.10 bits per heavy atom. The number of hydrogen-bond acceptors (Lipinski definition) is 4. The molecule has 31 heavy (non-hydrogen) atoms. The minimum atomic E-state index is -4.50. The summed E-state index contributed by atoms with van der Waals surface area (Å²) >= 11 is 0. The quantitative estimate of drug-likeness (QED) is 0.371. The van der Waals surface area contributed by atoms with E-state index in [1.807, 2.05) is 4.58 Å². The minimum absolute atomic E-state index is 0. The Labute approximate surface area is 187 Å². The number of nitro benzene ring substituents is 1. The van der Waals surface area contributed by atoms with Crippen molar-refractivity contribution in [1.82, 2.24) is 0 Å². The van der Waals surface area contributed by atoms with E-state index in [0.717, 1.165) is 37.2 Å². The van der Waals surface area contributed by atoms with Crippen LogP contribution in [0.1, 0.15) is 36.8 Å². The van der Waals surface area contributed by atoms with Crippen molar-refractivity contribution in [2.45, 2.75) is 37.6 Å². The highest BCUT2D eigenvalue weighted by Crippen LogP contribution is 2.40. The van der Waals surface area contributed by atoms with Gasteiger partial charge < -0.3 is 5.11 Å². The Balaban J connectivity index is 0.00000272. The molecule has 2 heterocycles. The first-order valence-electron chi connectivity index (χ1n) is 9.76. The van der Waals surface area contributed by atoms with E-state index in [9.17, 15) is 28.4 Å². The second kappa shape index (κ2) is 8.58. The number of amidine groups is 1. The van der Waals surface area contributed by atoms with Gasteiger partial charge in [0.05, 0.1) is 17.0 Å². The average Bonchev–Trinajstić information content (AvgIpc) is 2.83. The first-order valence-corrected chi connectivity index (χ1v) is 9.76. The van der Waals surface area contributed by atoms with Crippen molar-refractivity contribution in [3.63, 3.8) is 0 Å². The molecule has 0 fully saturated rings. The molecule has 1 atom stereocenters. The molecule has 166 valence electrons. The number of nitro groups is 1. The summed E-state index contributed by atoms with van der Waals surface area (Å²) in [5.74, 6) is 0.771. The molecule has 2 aliphatic heterocycles. The van der Waals surface area contributed by atoms with Gasteiger partial charge in [0.2, 0.25) is 0 Å². The fourth-order valence-corrected chi connectivity index (χ4v) is 4.28. The highest BCUT2D eigenvalue weighted by atomic mass is 79.9. The van der Waals surface area contributed by atoms with E-state index in [1.54, 1.807) is 11.0 Å². The zero-order valence-electron chi connectivity index (χ0n) is 16.5. The first kappa shape index (κ1) is 23.2. The van der Waals surface area contributed by atoms with Gasteiger partial charge in [0.25, 0.3) is 17.2 Å². The van der Waals surface area contributed by atoms with E-state index in [4.69, 9.17) is 0 Å². The molecule has 2 aromatic carbocycles. The Hall–Kier alpha value is -2.46. The molecule has 0 saturated heterocycles. The molecule has 0 spiro atoms. The largest absolute Gasteiger partial charge is 0.416 e. The highest BCUT2D eigenvalue weighted by molar-refractivity contribution is 8.93. The molecule has 6 nitrogen and oxygen atoms in total. The predicted molar refractivity (Wildman–Crippen MR) is 115 cm³/mol. The molecule has 1 unspecified atom stereocenters. The molecule has 4 rings (SSSR count). The Morgan fingerprint density at radius 3 is 2.45 bits per heavy atom. The zero-order valence-corrected chi connectivity index (χ0v) is 18.2. The van der Waals surface area contributed by atoms with Crippen LogP contribution in [0.4, 0.5) is 24.5 Å². The van der Waals surface area contributed by atoms with Crippen LogP contribution >= 0.6 is 17.0 Å². The Bertz CT molecular complexity index is 1010. The maximum Gasteiger partial charge on any atom is 0.416 e. The second-order valence-corrected chi connectivity index (χ2v) is 7.65. The van der Waals surface area contributed by atoms with Crippen molar-refractivity contribution in [1.29, 1.82) is 0 Å². The van der Waals surface area contributed by atoms with Crippen LogP contribution in [0.3, 0.4) is 0 Å². The van der Waals surface area contributed by atoms with Gasteiger partial charge in [-0.3, -0.25) is 14.7 Å². The number of hydrogen-bond donors (Lipinski definition) is 1. The third kappa shape index (κ3) is 4.31. The highest BCUT2D eigenvalue weighted by Gasteiger charge is 2.54. The molecule has 2 aromatic rings. The molecule has 0 amide bonds. The second-order valence-electron chi connectivity index (χ2n) is 7.65. The van der Waals surface area contributed by atoms with Gasteiger partial charge >= 0.3 is 6.18 Å². The van der Waals surface area contributed by atoms with E-state index >= 15 is 0 Å². The van der Waals surface area contributed by atoms with Gasteiger partial charge in [-0.1, -0.05) is 6.07 Å². The van der Waals surface area contributed by atoms with Gasteiger partial charge in [0.15, 0.2) is 6.54 Å². The summed E-state index contributed by atoms with van der Waals surface area (Å²) < 4.78 is 42.0. The fraction of sp³-hybridized carbons (Fsp3) is 0.381. The number of benzene rings is 2. The van der Waals surface area contributed by atoms with Crippen LogP contribution in [0.2, 0.25) is 0 Å². The molecule has 0 radical (unpaired) electrons. The van der Waals surface area contributed by atoms with E-state index < -0.39 is 22.4 Å². The lowest BCUT2D eigenvalue weighted by Gasteiger charge is -2.29. The molecular formula is C21H22BrF3N3O3+. The minimum Gasteiger partial charge on any atom is -0.346 e. The summed E-state index contributed by atoms with van der Waals surface area (Å²) in [7, 11) is 0. The molecule has 10 heteroatoms. The topological polar surface area (TPSA) is 69.6 Å². The summed E-state index contributed by atoms with van der Waals surface area (Å²) in [5, 5.41) is 22.7. The molecule has 1 N–H and O–H groups in total. The number of halogens is 4. The smallest absolute Gasteiger partial charge is 0.346 e. The fourth-order valence-electron chi connectivity index (χ4n) is 4.28. The SMILES string of the molecule is Br.O=[N+]([O-])c1ccc(C2(O)C[N+]3=C(CCCCC3)N2c2cccc(C(F)(F)F)c2)cc1. The molecule has 2 aliphatic rings. The third-order valence-corrected chi connectivity index (χ3v) is 5.70. The average molecular weight is 501 g/mol. The van der Waals surface area contributed by atoms with Crippen LogP contribution in [-0.4, -0.2) is 33.5 Å². The monoisotopic (exact) mass is 500 g/mol. The molecule has 0 aromatic heterocycles. The summed E-state index contributed by atoms with van der Waals surface area (Å²) in [6, 6.07) is 10.4. The molecule has 0 aliphatic carbocycles. The van der Waals surface area contributed by atoms with Crippen molar-refractivity contribution in [3.8, 4) is 0 Å². The Kier molecular flexibility index (Phi) is 6.43. The van der Waals surface area contributed by atoms with Gasteiger partial charge in [0, 0.05) is 24.1 Å². The Morgan fingerprint density at radius 2 is 1.81 bits per heavy atom. The van der Waals surface area contributed by atoms with Crippen LogP contribution in [0.15, 0.2) is 48.5 Å². The number of rotatable bonds is 3. The van der Waals surface area contributed by atoms with Gasteiger partial charge in [-0.15, -0.1) is 17.0 Å². The van der Waals surface area contributed by atoms with Crippen LogP contribution in [-0.2, 0) is 11.9 Å². The summed E-state index contributed by atoms with van der Waals surface area (Å²) in [6.45, 7) is 0.872. The maximum atomic E-state index is 13.3. The number of non-ortho nitro benzene ring substituents is 1. The first-order chi connectivity index (χ1) is 14.2. The normalized spacial score (nSPS) is 21.4. The standard InChI is InChI=1S/C21H21F3N3O3.BrH/c22-21(23,24)16-5-4-6-18(13-16)26-19-7-2-1-3-12-25(19)14-20(26,28)15-8-10-17(11-9-15)27(29)30;/h4-6,8-11,13,28H,1-3,7,12,14H2;1H/q+1;. The predicted octanol–water partition coefficient (Wildman–Crippen LogP) is 4.84. The van der Waals surface area contributed by atoms with Crippen LogP contribution in [0, 0.1) is 10.1 Å². The molecule has 0 saturated carbocycles. The van der Waals surface area contributed by atoms with Crippen molar-refractivity contribution in [2.75, 3.05) is 18.0 Å². The van der Waals surface area contributed by atoms with Crippen molar-refractivity contribution in [3.05, 3.63) is 69.8 Å². The van der Waals surface area contributed by atoms with E-state index in [-0.39, 0.29) is 34.9 Å². The number of nitrogens with zero attached hydrogens (tertiary/aromatic N) is 3. The van der Waals surface area contributed by atoms with Crippen molar-refractivity contribution < 1.29 is 27.8 Å². The summed E-state index contributed by atoms with van der Waals surface area (Å²) in [6.07, 6.45) is -1.07. The zero-order chi connectivity index (χ0) is 21.5. The summed E-state index contributed by atoms with van der Waals surface area (Å²) in [4.78, 5) is 12.0. The van der Waals surface area contributed by atoms with Gasteiger partial charge in [-0.05, 0) is 49.6 Å². The number of aliphatic hydroxyl groups is 1. The van der Waals surface area contributed by atoms with Crippen molar-refractivity contribution >= 4 is 34.2 Å². The van der Waals surface area contributed by atoms with Gasteiger partial charge in [-0.25, -0.2) is 0 Å². The van der Waals surface area contributed by atoms with Gasteiger partial charge in [0.1, 0.15) is 5.69 Å².